The molecular formula is C22H39IN4O3S. The van der Waals surface area contributed by atoms with Crippen molar-refractivity contribution in [1.29, 1.82) is 0 Å². The summed E-state index contributed by atoms with van der Waals surface area (Å²) in [6, 6.07) is 7.53. The monoisotopic (exact) mass is 566 g/mol. The van der Waals surface area contributed by atoms with Gasteiger partial charge in [0, 0.05) is 32.2 Å². The maximum atomic E-state index is 12.7. The summed E-state index contributed by atoms with van der Waals surface area (Å²) in [5.74, 6) is 0.668. The second-order valence-electron chi connectivity index (χ2n) is 8.74. The number of benzene rings is 1. The molecule has 0 saturated carbocycles. The molecule has 0 spiro atoms. The van der Waals surface area contributed by atoms with Crippen molar-refractivity contribution in [3.63, 3.8) is 0 Å². The molecule has 0 bridgehead atoms. The van der Waals surface area contributed by atoms with Gasteiger partial charge in [-0.2, -0.15) is 0 Å². The Morgan fingerprint density at radius 1 is 1.16 bits per heavy atom. The average molecular weight is 567 g/mol. The molecule has 0 aliphatic carbocycles. The normalized spacial score (nSPS) is 17.0. The third-order valence-electron chi connectivity index (χ3n) is 5.27. The number of sulfone groups is 1. The molecule has 1 aliphatic rings. The van der Waals surface area contributed by atoms with Gasteiger partial charge in [0.1, 0.15) is 0 Å². The van der Waals surface area contributed by atoms with Crippen LogP contribution >= 0.6 is 24.0 Å². The summed E-state index contributed by atoms with van der Waals surface area (Å²) in [4.78, 5) is 7.36. The van der Waals surface area contributed by atoms with Crippen molar-refractivity contribution in [2.45, 2.75) is 51.0 Å². The van der Waals surface area contributed by atoms with Crippen LogP contribution in [-0.2, 0) is 20.0 Å². The Hall–Kier alpha value is -0.910. The SMILES string of the molecule is CCNC(=NCC(C)N1CCOCC1)NCCS(=O)(=O)c1ccc(C(C)(C)C)cc1.I. The van der Waals surface area contributed by atoms with E-state index in [0.717, 1.165) is 38.4 Å². The highest BCUT2D eigenvalue weighted by molar-refractivity contribution is 14.0. The topological polar surface area (TPSA) is 83.0 Å². The molecule has 1 aromatic carbocycles. The Bertz CT molecular complexity index is 786. The molecule has 9 heteroatoms. The number of halogens is 1. The van der Waals surface area contributed by atoms with Crippen LogP contribution in [0.4, 0.5) is 0 Å². The number of morpholine rings is 1. The fourth-order valence-corrected chi connectivity index (χ4v) is 4.44. The molecule has 0 amide bonds. The van der Waals surface area contributed by atoms with Gasteiger partial charge in [-0.05, 0) is 37.0 Å². The van der Waals surface area contributed by atoms with Crippen LogP contribution < -0.4 is 10.6 Å². The quantitative estimate of drug-likeness (QED) is 0.286. The molecule has 178 valence electrons. The molecule has 1 atom stereocenters. The van der Waals surface area contributed by atoms with Crippen LogP contribution in [0.2, 0.25) is 0 Å². The zero-order valence-corrected chi connectivity index (χ0v) is 22.6. The Kier molecular flexibility index (Phi) is 11.8. The molecule has 1 fully saturated rings. The molecule has 1 aromatic rings. The van der Waals surface area contributed by atoms with Crippen molar-refractivity contribution in [3.05, 3.63) is 29.8 Å². The fraction of sp³-hybridized carbons (Fsp3) is 0.682. The molecule has 1 saturated heterocycles. The van der Waals surface area contributed by atoms with E-state index in [4.69, 9.17) is 4.74 Å². The van der Waals surface area contributed by atoms with Gasteiger partial charge in [0.05, 0.1) is 30.4 Å². The number of aliphatic imine (C=N–C) groups is 1. The zero-order valence-electron chi connectivity index (χ0n) is 19.5. The van der Waals surface area contributed by atoms with E-state index >= 15 is 0 Å². The molecule has 31 heavy (non-hydrogen) atoms. The van der Waals surface area contributed by atoms with Gasteiger partial charge in [-0.3, -0.25) is 9.89 Å². The van der Waals surface area contributed by atoms with Crippen molar-refractivity contribution in [2.24, 2.45) is 4.99 Å². The molecule has 2 N–H and O–H groups in total. The molecule has 1 aliphatic heterocycles. The summed E-state index contributed by atoms with van der Waals surface area (Å²) in [5.41, 5.74) is 1.12. The van der Waals surface area contributed by atoms with Crippen LogP contribution in [0.15, 0.2) is 34.2 Å². The van der Waals surface area contributed by atoms with Crippen LogP contribution in [0, 0.1) is 0 Å². The summed E-state index contributed by atoms with van der Waals surface area (Å²) >= 11 is 0. The van der Waals surface area contributed by atoms with E-state index in [-0.39, 0.29) is 35.1 Å². The minimum atomic E-state index is -3.35. The van der Waals surface area contributed by atoms with Crippen LogP contribution in [-0.4, -0.2) is 77.0 Å². The second-order valence-corrected chi connectivity index (χ2v) is 10.8. The van der Waals surface area contributed by atoms with Gasteiger partial charge in [0.15, 0.2) is 15.8 Å². The lowest BCUT2D eigenvalue weighted by Gasteiger charge is -2.31. The van der Waals surface area contributed by atoms with Crippen molar-refractivity contribution >= 4 is 39.8 Å². The summed E-state index contributed by atoms with van der Waals surface area (Å²) in [6.45, 7) is 15.5. The van der Waals surface area contributed by atoms with Crippen LogP contribution in [0.25, 0.3) is 0 Å². The second kappa shape index (κ2) is 13.0. The highest BCUT2D eigenvalue weighted by atomic mass is 127. The lowest BCUT2D eigenvalue weighted by Crippen LogP contribution is -2.45. The third kappa shape index (κ3) is 9.23. The number of nitrogens with one attached hydrogen (secondary N) is 2. The zero-order chi connectivity index (χ0) is 22.2. The van der Waals surface area contributed by atoms with E-state index in [1.165, 1.54) is 0 Å². The van der Waals surface area contributed by atoms with E-state index < -0.39 is 9.84 Å². The number of hydrogen-bond acceptors (Lipinski definition) is 5. The predicted molar refractivity (Wildman–Crippen MR) is 138 cm³/mol. The first-order chi connectivity index (χ1) is 14.1. The number of hydrogen-bond donors (Lipinski definition) is 2. The maximum absolute atomic E-state index is 12.7. The average Bonchev–Trinajstić information content (AvgIpc) is 2.71. The number of guanidine groups is 1. The van der Waals surface area contributed by atoms with Gasteiger partial charge in [0.25, 0.3) is 0 Å². The summed E-state index contributed by atoms with van der Waals surface area (Å²) < 4.78 is 30.8. The minimum absolute atomic E-state index is 0. The Morgan fingerprint density at radius 2 is 1.77 bits per heavy atom. The Morgan fingerprint density at radius 3 is 2.32 bits per heavy atom. The van der Waals surface area contributed by atoms with E-state index in [9.17, 15) is 8.42 Å². The number of rotatable bonds is 8. The van der Waals surface area contributed by atoms with E-state index in [0.29, 0.717) is 30.0 Å². The summed E-state index contributed by atoms with van der Waals surface area (Å²) in [5, 5.41) is 6.35. The van der Waals surface area contributed by atoms with Crippen LogP contribution in [0.5, 0.6) is 0 Å². The highest BCUT2D eigenvalue weighted by Crippen LogP contribution is 2.23. The lowest BCUT2D eigenvalue weighted by atomic mass is 9.87. The first kappa shape index (κ1) is 28.1. The van der Waals surface area contributed by atoms with Crippen molar-refractivity contribution in [3.8, 4) is 0 Å². The molecule has 1 unspecified atom stereocenters. The standard InChI is InChI=1S/C22H38N4O3S.HI/c1-6-23-21(25-17-18(2)26-12-14-29-15-13-26)24-11-16-30(27,28)20-9-7-19(8-10-20)22(3,4)5;/h7-10,18H,6,11-17H2,1-5H3,(H2,23,24,25);1H. The van der Waals surface area contributed by atoms with Gasteiger partial charge in [0.2, 0.25) is 0 Å². The Labute approximate surface area is 205 Å². The first-order valence-electron chi connectivity index (χ1n) is 10.8. The Balaban J connectivity index is 0.00000480. The van der Waals surface area contributed by atoms with E-state index in [1.807, 2.05) is 19.1 Å². The maximum Gasteiger partial charge on any atom is 0.191 e. The smallest absolute Gasteiger partial charge is 0.191 e. The third-order valence-corrected chi connectivity index (χ3v) is 7.00. The summed E-state index contributed by atoms with van der Waals surface area (Å²) in [7, 11) is -3.35. The molecule has 0 radical (unpaired) electrons. The molecule has 0 aromatic heterocycles. The van der Waals surface area contributed by atoms with Gasteiger partial charge < -0.3 is 15.4 Å². The van der Waals surface area contributed by atoms with Gasteiger partial charge in [-0.1, -0.05) is 32.9 Å². The largest absolute Gasteiger partial charge is 0.379 e. The van der Waals surface area contributed by atoms with Crippen LogP contribution in [0.1, 0.15) is 40.2 Å². The van der Waals surface area contributed by atoms with Gasteiger partial charge in [-0.15, -0.1) is 24.0 Å². The van der Waals surface area contributed by atoms with Crippen LogP contribution in [0.3, 0.4) is 0 Å². The van der Waals surface area contributed by atoms with Crippen molar-refractivity contribution < 1.29 is 13.2 Å². The highest BCUT2D eigenvalue weighted by Gasteiger charge is 2.19. The molecular weight excluding hydrogens is 527 g/mol. The van der Waals surface area contributed by atoms with Gasteiger partial charge in [-0.25, -0.2) is 8.42 Å². The number of nitrogens with zero attached hydrogens (tertiary/aromatic N) is 2. The molecule has 7 nitrogen and oxygen atoms in total. The first-order valence-corrected chi connectivity index (χ1v) is 12.5. The molecule has 2 rings (SSSR count). The minimum Gasteiger partial charge on any atom is -0.379 e. The van der Waals surface area contributed by atoms with Crippen molar-refractivity contribution in [1.82, 2.24) is 15.5 Å². The predicted octanol–water partition coefficient (Wildman–Crippen LogP) is 2.65. The fourth-order valence-electron chi connectivity index (χ4n) is 3.28. The summed E-state index contributed by atoms with van der Waals surface area (Å²) in [6.07, 6.45) is 0. The van der Waals surface area contributed by atoms with E-state index in [1.54, 1.807) is 12.1 Å². The van der Waals surface area contributed by atoms with Gasteiger partial charge >= 0.3 is 0 Å². The van der Waals surface area contributed by atoms with E-state index in [2.05, 4.69) is 48.2 Å². The van der Waals surface area contributed by atoms with Crippen molar-refractivity contribution in [2.75, 3.05) is 51.7 Å². The lowest BCUT2D eigenvalue weighted by molar-refractivity contribution is 0.0220. The molecule has 1 heterocycles. The number of ether oxygens (including phenoxy) is 1.